The van der Waals surface area contributed by atoms with Crippen LogP contribution in [0.25, 0.3) is 0 Å². The lowest BCUT2D eigenvalue weighted by Crippen LogP contribution is -2.44. The fourth-order valence-corrected chi connectivity index (χ4v) is 2.75. The molecular formula is C13H13ClF4N4O5S. The number of alkyl halides is 3. The van der Waals surface area contributed by atoms with Gasteiger partial charge < -0.3 is 10.1 Å². The Kier molecular flexibility index (Phi) is 6.56. The van der Waals surface area contributed by atoms with E-state index in [1.54, 1.807) is 0 Å². The van der Waals surface area contributed by atoms with Crippen molar-refractivity contribution in [3.63, 3.8) is 0 Å². The molecule has 15 heteroatoms. The van der Waals surface area contributed by atoms with Gasteiger partial charge in [0, 0.05) is 13.1 Å². The summed E-state index contributed by atoms with van der Waals surface area (Å²) >= 11 is 5.80. The van der Waals surface area contributed by atoms with Crippen LogP contribution in [0.15, 0.2) is 12.1 Å². The summed E-state index contributed by atoms with van der Waals surface area (Å²) in [5, 5.41) is 3.10. The van der Waals surface area contributed by atoms with Gasteiger partial charge in [0.05, 0.1) is 17.1 Å². The molecule has 9 nitrogen and oxygen atoms in total. The van der Waals surface area contributed by atoms with Crippen molar-refractivity contribution in [1.29, 1.82) is 0 Å². The summed E-state index contributed by atoms with van der Waals surface area (Å²) in [5.74, 6) is -2.43. The van der Waals surface area contributed by atoms with Gasteiger partial charge in [-0.3, -0.25) is 10.2 Å². The second-order valence-electron chi connectivity index (χ2n) is 5.28. The van der Waals surface area contributed by atoms with E-state index in [1.165, 1.54) is 4.72 Å². The standard InChI is InChI=1S/C13H13ClF4N4O5S/c14-8-6-9(15)10(27-4-2-20-28(25,26)13(16,17)18)5-7(8)11(23)21-22-3-1-19-12(22)24/h5-6,20H,1-4H2,(H,19,24)(H,21,23). The van der Waals surface area contributed by atoms with Crippen LogP contribution < -0.4 is 20.2 Å². The first-order valence-corrected chi connectivity index (χ1v) is 9.32. The third-order valence-corrected chi connectivity index (χ3v) is 4.82. The van der Waals surface area contributed by atoms with Crippen molar-refractivity contribution in [3.8, 4) is 5.75 Å². The molecule has 1 aromatic carbocycles. The molecule has 2 rings (SSSR count). The number of ether oxygens (including phenoxy) is 1. The molecule has 1 aromatic rings. The summed E-state index contributed by atoms with van der Waals surface area (Å²) in [6.45, 7) is -0.979. The number of hydrazine groups is 1. The second kappa shape index (κ2) is 8.36. The van der Waals surface area contributed by atoms with Gasteiger partial charge in [-0.25, -0.2) is 27.3 Å². The Hall–Kier alpha value is -2.32. The molecule has 0 saturated carbocycles. The molecule has 1 aliphatic rings. The molecule has 1 heterocycles. The van der Waals surface area contributed by atoms with E-state index in [9.17, 15) is 35.6 Å². The Labute approximate surface area is 161 Å². The summed E-state index contributed by atoms with van der Waals surface area (Å²) in [7, 11) is -5.56. The maximum absolute atomic E-state index is 13.9. The number of nitrogens with one attached hydrogen (secondary N) is 3. The largest absolute Gasteiger partial charge is 0.511 e. The average molecular weight is 449 g/mol. The Morgan fingerprint density at radius 3 is 2.61 bits per heavy atom. The number of rotatable bonds is 7. The van der Waals surface area contributed by atoms with Crippen LogP contribution in [-0.2, 0) is 10.0 Å². The molecule has 0 unspecified atom stereocenters. The van der Waals surface area contributed by atoms with Crippen LogP contribution in [0.1, 0.15) is 10.4 Å². The number of benzene rings is 1. The first-order chi connectivity index (χ1) is 12.9. The Morgan fingerprint density at radius 1 is 1.36 bits per heavy atom. The van der Waals surface area contributed by atoms with Gasteiger partial charge in [-0.1, -0.05) is 11.6 Å². The van der Waals surface area contributed by atoms with Gasteiger partial charge in [-0.05, 0) is 12.1 Å². The zero-order valence-corrected chi connectivity index (χ0v) is 15.3. The molecule has 3 amide bonds. The van der Waals surface area contributed by atoms with Crippen LogP contribution >= 0.6 is 11.6 Å². The van der Waals surface area contributed by atoms with Crippen LogP contribution in [0.3, 0.4) is 0 Å². The molecule has 0 aromatic heterocycles. The first kappa shape index (κ1) is 22.0. The molecule has 0 atom stereocenters. The molecule has 0 spiro atoms. The molecule has 0 radical (unpaired) electrons. The minimum atomic E-state index is -5.56. The quantitative estimate of drug-likeness (QED) is 0.424. The average Bonchev–Trinajstić information content (AvgIpc) is 2.96. The Balaban J connectivity index is 2.02. The van der Waals surface area contributed by atoms with E-state index in [4.69, 9.17) is 16.3 Å². The molecule has 3 N–H and O–H groups in total. The molecule has 1 fully saturated rings. The van der Waals surface area contributed by atoms with Crippen LogP contribution in [0.4, 0.5) is 22.4 Å². The first-order valence-electron chi connectivity index (χ1n) is 7.46. The molecule has 1 aliphatic heterocycles. The van der Waals surface area contributed by atoms with Crippen LogP contribution in [0.5, 0.6) is 5.75 Å². The highest BCUT2D eigenvalue weighted by molar-refractivity contribution is 7.90. The van der Waals surface area contributed by atoms with Crippen molar-refractivity contribution in [2.75, 3.05) is 26.2 Å². The van der Waals surface area contributed by atoms with Crippen LogP contribution in [0, 0.1) is 5.82 Å². The van der Waals surface area contributed by atoms with Crippen molar-refractivity contribution in [2.24, 2.45) is 0 Å². The lowest BCUT2D eigenvalue weighted by molar-refractivity contribution is -0.0448. The van der Waals surface area contributed by atoms with Gasteiger partial charge in [0.25, 0.3) is 5.91 Å². The highest BCUT2D eigenvalue weighted by Gasteiger charge is 2.45. The lowest BCUT2D eigenvalue weighted by atomic mass is 10.2. The van der Waals surface area contributed by atoms with Gasteiger partial charge in [-0.15, -0.1) is 0 Å². The van der Waals surface area contributed by atoms with Crippen molar-refractivity contribution in [2.45, 2.75) is 5.51 Å². The number of nitrogens with zero attached hydrogens (tertiary/aromatic N) is 1. The topological polar surface area (TPSA) is 117 Å². The summed E-state index contributed by atoms with van der Waals surface area (Å²) in [6.07, 6.45) is 0. The highest BCUT2D eigenvalue weighted by Crippen LogP contribution is 2.26. The number of halogens is 5. The van der Waals surface area contributed by atoms with E-state index >= 15 is 0 Å². The third-order valence-electron chi connectivity index (χ3n) is 3.32. The smallest absolute Gasteiger partial charge is 0.489 e. The van der Waals surface area contributed by atoms with E-state index in [-0.39, 0.29) is 17.1 Å². The molecular weight excluding hydrogens is 436 g/mol. The number of carbonyl (C=O) groups excluding carboxylic acids is 2. The Bertz CT molecular complexity index is 880. The Morgan fingerprint density at radius 2 is 2.04 bits per heavy atom. The molecule has 0 bridgehead atoms. The van der Waals surface area contributed by atoms with E-state index in [0.717, 1.165) is 17.1 Å². The van der Waals surface area contributed by atoms with Gasteiger partial charge in [0.15, 0.2) is 11.6 Å². The van der Waals surface area contributed by atoms with E-state index in [1.807, 2.05) is 0 Å². The fourth-order valence-electron chi connectivity index (χ4n) is 1.99. The number of hydrogen-bond donors (Lipinski definition) is 3. The normalized spacial score (nSPS) is 14.8. The minimum Gasteiger partial charge on any atom is -0.489 e. The summed E-state index contributed by atoms with van der Waals surface area (Å²) in [5.41, 5.74) is -3.52. The summed E-state index contributed by atoms with van der Waals surface area (Å²) in [4.78, 5) is 23.6. The summed E-state index contributed by atoms with van der Waals surface area (Å²) in [6, 6.07) is 1.05. The maximum atomic E-state index is 13.9. The van der Waals surface area contributed by atoms with Gasteiger partial charge in [0.2, 0.25) is 0 Å². The highest BCUT2D eigenvalue weighted by atomic mass is 35.5. The second-order valence-corrected chi connectivity index (χ2v) is 7.44. The maximum Gasteiger partial charge on any atom is 0.511 e. The third kappa shape index (κ3) is 5.14. The molecule has 28 heavy (non-hydrogen) atoms. The van der Waals surface area contributed by atoms with Crippen molar-refractivity contribution in [3.05, 3.63) is 28.5 Å². The van der Waals surface area contributed by atoms with E-state index < -0.39 is 52.2 Å². The van der Waals surface area contributed by atoms with Crippen LogP contribution in [0.2, 0.25) is 5.02 Å². The number of sulfonamides is 1. The lowest BCUT2D eigenvalue weighted by Gasteiger charge is -2.17. The zero-order valence-electron chi connectivity index (χ0n) is 13.8. The van der Waals surface area contributed by atoms with Crippen molar-refractivity contribution in [1.82, 2.24) is 20.5 Å². The predicted molar refractivity (Wildman–Crippen MR) is 87.5 cm³/mol. The van der Waals surface area contributed by atoms with Gasteiger partial charge in [-0.2, -0.15) is 13.2 Å². The summed E-state index contributed by atoms with van der Waals surface area (Å²) < 4.78 is 78.2. The van der Waals surface area contributed by atoms with E-state index in [0.29, 0.717) is 6.54 Å². The van der Waals surface area contributed by atoms with Crippen molar-refractivity contribution >= 4 is 33.6 Å². The molecule has 1 saturated heterocycles. The molecule has 156 valence electrons. The predicted octanol–water partition coefficient (Wildman–Crippen LogP) is 0.967. The number of urea groups is 1. The van der Waals surface area contributed by atoms with Gasteiger partial charge in [0.1, 0.15) is 6.61 Å². The fraction of sp³-hybridized carbons (Fsp3) is 0.385. The number of hydrogen-bond acceptors (Lipinski definition) is 5. The molecule has 0 aliphatic carbocycles. The van der Waals surface area contributed by atoms with Gasteiger partial charge >= 0.3 is 21.6 Å². The van der Waals surface area contributed by atoms with Crippen molar-refractivity contribution < 1.29 is 40.3 Å². The zero-order chi connectivity index (χ0) is 21.1. The number of amides is 3. The van der Waals surface area contributed by atoms with Crippen LogP contribution in [-0.4, -0.2) is 57.1 Å². The van der Waals surface area contributed by atoms with E-state index in [2.05, 4.69) is 10.7 Å². The SMILES string of the molecule is O=C(NN1CCNC1=O)c1cc(OCCNS(=O)(=O)C(F)(F)F)c(F)cc1Cl. The number of carbonyl (C=O) groups is 2. The monoisotopic (exact) mass is 448 g/mol. The minimum absolute atomic E-state index is 0.187.